The van der Waals surface area contributed by atoms with Crippen molar-refractivity contribution in [3.05, 3.63) is 255 Å². The summed E-state index contributed by atoms with van der Waals surface area (Å²) in [5.74, 6) is 0. The predicted molar refractivity (Wildman–Crippen MR) is 282 cm³/mol. The Labute approximate surface area is 388 Å². The Balaban J connectivity index is 0.948. The number of anilines is 3. The van der Waals surface area contributed by atoms with Gasteiger partial charge in [0.15, 0.2) is 0 Å². The van der Waals surface area contributed by atoms with E-state index in [1.165, 1.54) is 49.3 Å². The molecule has 2 aromatic heterocycles. The Morgan fingerprint density at radius 2 is 0.836 bits per heavy atom. The van der Waals surface area contributed by atoms with Crippen molar-refractivity contribution in [2.24, 2.45) is 0 Å². The molecule has 0 radical (unpaired) electrons. The van der Waals surface area contributed by atoms with E-state index in [1.54, 1.807) is 0 Å². The minimum Gasteiger partial charge on any atom is -0.455 e. The van der Waals surface area contributed by atoms with Crippen LogP contribution in [0.5, 0.6) is 0 Å². The molecule has 314 valence electrons. The monoisotopic (exact) mass is 854 g/mol. The van der Waals surface area contributed by atoms with Crippen LogP contribution in [-0.4, -0.2) is 4.57 Å². The van der Waals surface area contributed by atoms with Crippen LogP contribution in [0.25, 0.3) is 105 Å². The molecule has 0 aliphatic rings. The molecule has 11 aromatic carbocycles. The normalized spacial score (nSPS) is 11.6. The van der Waals surface area contributed by atoms with Gasteiger partial charge in [-0.2, -0.15) is 0 Å². The van der Waals surface area contributed by atoms with Gasteiger partial charge in [-0.3, -0.25) is 0 Å². The first-order chi connectivity index (χ1) is 33.2. The maximum Gasteiger partial charge on any atom is 0.143 e. The highest BCUT2D eigenvalue weighted by Crippen LogP contribution is 2.43. The standard InChI is InChI=1S/C64H42N2O/c1-2-14-43(15-3-1)50-34-39-54(62(42-50)66-60-25-9-6-20-56(60)57-21-7-10-26-61(57)66)45-30-35-51(36-31-45)65(53-19-12-18-48(41-53)49-29-28-44-16-4-5-17-47(44)40-49)52-37-32-46(33-38-52)55-23-13-24-59-58-22-8-11-27-63(58)67-64(55)59/h1-42H. The van der Waals surface area contributed by atoms with Crippen molar-refractivity contribution >= 4 is 71.6 Å². The van der Waals surface area contributed by atoms with Gasteiger partial charge in [-0.15, -0.1) is 0 Å². The van der Waals surface area contributed by atoms with E-state index >= 15 is 0 Å². The number of rotatable bonds is 8. The average molecular weight is 855 g/mol. The summed E-state index contributed by atoms with van der Waals surface area (Å²) in [6.45, 7) is 0. The smallest absolute Gasteiger partial charge is 0.143 e. The maximum atomic E-state index is 6.48. The fourth-order valence-corrected chi connectivity index (χ4v) is 10.1. The molecule has 3 heteroatoms. The van der Waals surface area contributed by atoms with Crippen LogP contribution in [0.3, 0.4) is 0 Å². The molecule has 0 saturated carbocycles. The predicted octanol–water partition coefficient (Wildman–Crippen LogP) is 18.0. The third kappa shape index (κ3) is 6.67. The highest BCUT2D eigenvalue weighted by molar-refractivity contribution is 6.11. The largest absolute Gasteiger partial charge is 0.455 e. The number of furan rings is 1. The van der Waals surface area contributed by atoms with Crippen LogP contribution in [0.2, 0.25) is 0 Å². The number of para-hydroxylation sites is 4. The van der Waals surface area contributed by atoms with Gasteiger partial charge in [0.25, 0.3) is 0 Å². The first kappa shape index (κ1) is 38.5. The topological polar surface area (TPSA) is 21.3 Å². The van der Waals surface area contributed by atoms with E-state index in [0.29, 0.717) is 0 Å². The molecule has 0 unspecified atom stereocenters. The lowest BCUT2D eigenvalue weighted by Gasteiger charge is -2.26. The van der Waals surface area contributed by atoms with E-state index in [2.05, 4.69) is 252 Å². The van der Waals surface area contributed by atoms with Gasteiger partial charge >= 0.3 is 0 Å². The molecule has 2 heterocycles. The van der Waals surface area contributed by atoms with Crippen molar-refractivity contribution in [1.82, 2.24) is 4.57 Å². The van der Waals surface area contributed by atoms with Crippen molar-refractivity contribution in [2.45, 2.75) is 0 Å². The third-order valence-corrected chi connectivity index (χ3v) is 13.4. The van der Waals surface area contributed by atoms with E-state index in [1.807, 2.05) is 12.1 Å². The van der Waals surface area contributed by atoms with Crippen molar-refractivity contribution < 1.29 is 4.42 Å². The number of hydrogen-bond acceptors (Lipinski definition) is 2. The van der Waals surface area contributed by atoms with Crippen LogP contribution >= 0.6 is 0 Å². The molecular weight excluding hydrogens is 813 g/mol. The summed E-state index contributed by atoms with van der Waals surface area (Å²) < 4.78 is 8.92. The zero-order valence-corrected chi connectivity index (χ0v) is 36.6. The van der Waals surface area contributed by atoms with Gasteiger partial charge in [-0.05, 0) is 111 Å². The molecule has 0 atom stereocenters. The van der Waals surface area contributed by atoms with Crippen LogP contribution in [0, 0.1) is 0 Å². The summed E-state index contributed by atoms with van der Waals surface area (Å²) in [5.41, 5.74) is 17.7. The fraction of sp³-hybridized carbons (Fsp3) is 0. The minimum atomic E-state index is 0.900. The third-order valence-electron chi connectivity index (χ3n) is 13.4. The number of hydrogen-bond donors (Lipinski definition) is 0. The lowest BCUT2D eigenvalue weighted by atomic mass is 9.97. The summed E-state index contributed by atoms with van der Waals surface area (Å²) in [7, 11) is 0. The molecule has 0 spiro atoms. The van der Waals surface area contributed by atoms with Crippen LogP contribution < -0.4 is 4.90 Å². The summed E-state index contributed by atoms with van der Waals surface area (Å²) in [6.07, 6.45) is 0. The van der Waals surface area contributed by atoms with E-state index in [9.17, 15) is 0 Å². The molecule has 0 fully saturated rings. The van der Waals surface area contributed by atoms with Gasteiger partial charge in [-0.25, -0.2) is 0 Å². The van der Waals surface area contributed by atoms with Gasteiger partial charge < -0.3 is 13.9 Å². The molecule has 0 aliphatic carbocycles. The summed E-state index contributed by atoms with van der Waals surface area (Å²) in [5, 5.41) is 7.20. The molecular formula is C64H42N2O. The van der Waals surface area contributed by atoms with Gasteiger partial charge in [0.05, 0.1) is 16.7 Å². The van der Waals surface area contributed by atoms with Crippen molar-refractivity contribution in [2.75, 3.05) is 4.90 Å². The highest BCUT2D eigenvalue weighted by Gasteiger charge is 2.20. The molecule has 0 N–H and O–H groups in total. The summed E-state index contributed by atoms with van der Waals surface area (Å²) in [6, 6.07) is 92.0. The SMILES string of the molecule is c1ccc(-c2ccc(-c3ccc(N(c4ccc(-c5cccc6c5oc5ccccc56)cc4)c4cccc(-c5ccc6ccccc6c5)c4)cc3)c(-n3c4ccccc4c4ccccc43)c2)cc1. The minimum absolute atomic E-state index is 0.900. The first-order valence-corrected chi connectivity index (χ1v) is 22.9. The second kappa shape index (κ2) is 16.0. The van der Waals surface area contributed by atoms with E-state index in [0.717, 1.165) is 72.5 Å². The molecule has 0 aliphatic heterocycles. The van der Waals surface area contributed by atoms with E-state index in [4.69, 9.17) is 4.42 Å². The Bertz CT molecular complexity index is 3920. The zero-order chi connectivity index (χ0) is 44.3. The lowest BCUT2D eigenvalue weighted by molar-refractivity contribution is 0.670. The summed E-state index contributed by atoms with van der Waals surface area (Å²) >= 11 is 0. The van der Waals surface area contributed by atoms with Gasteiger partial charge in [0, 0.05) is 49.7 Å². The average Bonchev–Trinajstić information content (AvgIpc) is 3.95. The quantitative estimate of drug-likeness (QED) is 0.152. The van der Waals surface area contributed by atoms with Crippen LogP contribution in [0.4, 0.5) is 17.1 Å². The zero-order valence-electron chi connectivity index (χ0n) is 36.6. The maximum absolute atomic E-state index is 6.48. The molecule has 13 aromatic rings. The summed E-state index contributed by atoms with van der Waals surface area (Å²) in [4.78, 5) is 2.37. The number of aromatic nitrogens is 1. The van der Waals surface area contributed by atoms with Gasteiger partial charge in [0.2, 0.25) is 0 Å². The number of nitrogens with zero attached hydrogens (tertiary/aromatic N) is 2. The van der Waals surface area contributed by atoms with Crippen LogP contribution in [-0.2, 0) is 0 Å². The Morgan fingerprint density at radius 3 is 1.58 bits per heavy atom. The fourth-order valence-electron chi connectivity index (χ4n) is 10.1. The van der Waals surface area contributed by atoms with Gasteiger partial charge in [-0.1, -0.05) is 188 Å². The Kier molecular flexibility index (Phi) is 9.17. The molecule has 0 amide bonds. The lowest BCUT2D eigenvalue weighted by Crippen LogP contribution is -2.10. The molecule has 13 rings (SSSR count). The van der Waals surface area contributed by atoms with Crippen molar-refractivity contribution in [1.29, 1.82) is 0 Å². The van der Waals surface area contributed by atoms with Gasteiger partial charge in [0.1, 0.15) is 11.2 Å². The van der Waals surface area contributed by atoms with Crippen molar-refractivity contribution in [3.8, 4) is 50.2 Å². The first-order valence-electron chi connectivity index (χ1n) is 22.9. The molecule has 67 heavy (non-hydrogen) atoms. The second-order valence-electron chi connectivity index (χ2n) is 17.3. The highest BCUT2D eigenvalue weighted by atomic mass is 16.3. The van der Waals surface area contributed by atoms with E-state index < -0.39 is 0 Å². The molecule has 0 saturated heterocycles. The van der Waals surface area contributed by atoms with Crippen LogP contribution in [0.15, 0.2) is 259 Å². The van der Waals surface area contributed by atoms with Crippen LogP contribution in [0.1, 0.15) is 0 Å². The number of fused-ring (bicyclic) bond motifs is 7. The Hall–Kier alpha value is -8.92. The molecule has 0 bridgehead atoms. The molecule has 3 nitrogen and oxygen atoms in total. The Morgan fingerprint density at radius 1 is 0.299 bits per heavy atom. The van der Waals surface area contributed by atoms with E-state index in [-0.39, 0.29) is 0 Å². The number of benzene rings is 11. The van der Waals surface area contributed by atoms with Crippen molar-refractivity contribution in [3.63, 3.8) is 0 Å². The second-order valence-corrected chi connectivity index (χ2v) is 17.3.